The minimum atomic E-state index is -0.283. The van der Waals surface area contributed by atoms with Crippen LogP contribution in [0, 0.1) is 17.7 Å². The second-order valence-corrected chi connectivity index (χ2v) is 6.40. The number of nitrogens with one attached hydrogen (secondary N) is 2. The summed E-state index contributed by atoms with van der Waals surface area (Å²) in [5.74, 6) is -0.230. The van der Waals surface area contributed by atoms with E-state index in [1.54, 1.807) is 12.1 Å². The Kier molecular flexibility index (Phi) is 6.73. The number of hydrogen-bond acceptors (Lipinski definition) is 3. The molecule has 2 N–H and O–H groups in total. The Morgan fingerprint density at radius 3 is 2.46 bits per heavy atom. The van der Waals surface area contributed by atoms with Crippen LogP contribution >= 0.6 is 0 Å². The van der Waals surface area contributed by atoms with Crippen molar-refractivity contribution in [3.05, 3.63) is 35.6 Å². The summed E-state index contributed by atoms with van der Waals surface area (Å²) in [5.41, 5.74) is 0.873. The maximum atomic E-state index is 12.9. The highest BCUT2D eigenvalue weighted by molar-refractivity contribution is 5.81. The number of amides is 2. The Morgan fingerprint density at radius 2 is 1.88 bits per heavy atom. The van der Waals surface area contributed by atoms with E-state index < -0.39 is 0 Å². The van der Waals surface area contributed by atoms with Gasteiger partial charge in [0.15, 0.2) is 0 Å². The Morgan fingerprint density at radius 1 is 1.25 bits per heavy atom. The van der Waals surface area contributed by atoms with Crippen LogP contribution in [0.25, 0.3) is 0 Å². The number of piperidine rings is 1. The standard InChI is InChI=1S/C18H26FN3O2/c1-13(11-20-2)18(24)22-9-7-15(8-10-22)17(23)21-12-14-3-5-16(19)6-4-14/h3-6,13,15,20H,7-12H2,1-2H3,(H,21,23). The van der Waals surface area contributed by atoms with Crippen LogP contribution in [0.5, 0.6) is 0 Å². The predicted octanol–water partition coefficient (Wildman–Crippen LogP) is 1.54. The highest BCUT2D eigenvalue weighted by atomic mass is 19.1. The molecule has 0 aliphatic carbocycles. The minimum absolute atomic E-state index is 0.00898. The minimum Gasteiger partial charge on any atom is -0.352 e. The number of hydrogen-bond donors (Lipinski definition) is 2. The van der Waals surface area contributed by atoms with Crippen LogP contribution in [0.4, 0.5) is 4.39 Å². The lowest BCUT2D eigenvalue weighted by molar-refractivity contribution is -0.138. The summed E-state index contributed by atoms with van der Waals surface area (Å²) in [4.78, 5) is 26.4. The van der Waals surface area contributed by atoms with Gasteiger partial charge in [0.05, 0.1) is 0 Å². The van der Waals surface area contributed by atoms with Gasteiger partial charge in [0.1, 0.15) is 5.82 Å². The lowest BCUT2D eigenvalue weighted by atomic mass is 9.95. The van der Waals surface area contributed by atoms with Crippen LogP contribution in [0.15, 0.2) is 24.3 Å². The molecule has 1 saturated heterocycles. The molecule has 0 radical (unpaired) electrons. The summed E-state index contributed by atoms with van der Waals surface area (Å²) in [7, 11) is 1.83. The lowest BCUT2D eigenvalue weighted by Gasteiger charge is -2.33. The molecule has 1 aromatic carbocycles. The Bertz CT molecular complexity index is 554. The molecule has 1 aromatic rings. The van der Waals surface area contributed by atoms with Gasteiger partial charge in [-0.1, -0.05) is 19.1 Å². The molecule has 1 atom stereocenters. The van der Waals surface area contributed by atoms with E-state index in [9.17, 15) is 14.0 Å². The van der Waals surface area contributed by atoms with E-state index in [1.807, 2.05) is 18.9 Å². The van der Waals surface area contributed by atoms with Gasteiger partial charge in [0.2, 0.25) is 11.8 Å². The monoisotopic (exact) mass is 335 g/mol. The molecule has 5 nitrogen and oxygen atoms in total. The summed E-state index contributed by atoms with van der Waals surface area (Å²) in [5, 5.41) is 5.92. The summed E-state index contributed by atoms with van der Waals surface area (Å²) < 4.78 is 12.9. The number of halogens is 1. The number of carbonyl (C=O) groups excluding carboxylic acids is 2. The third kappa shape index (κ3) is 5.03. The van der Waals surface area contributed by atoms with Gasteiger partial charge >= 0.3 is 0 Å². The van der Waals surface area contributed by atoms with Gasteiger partial charge in [-0.25, -0.2) is 4.39 Å². The molecule has 132 valence electrons. The molecule has 1 aliphatic rings. The van der Waals surface area contributed by atoms with E-state index in [0.717, 1.165) is 5.56 Å². The highest BCUT2D eigenvalue weighted by Crippen LogP contribution is 2.19. The van der Waals surface area contributed by atoms with Crippen molar-refractivity contribution in [2.45, 2.75) is 26.3 Å². The van der Waals surface area contributed by atoms with E-state index in [1.165, 1.54) is 12.1 Å². The van der Waals surface area contributed by atoms with Crippen molar-refractivity contribution in [2.24, 2.45) is 11.8 Å². The second-order valence-electron chi connectivity index (χ2n) is 6.40. The van der Waals surface area contributed by atoms with Crippen LogP contribution in [-0.4, -0.2) is 43.4 Å². The lowest BCUT2D eigenvalue weighted by Crippen LogP contribution is -2.45. The van der Waals surface area contributed by atoms with Gasteiger partial charge in [0.25, 0.3) is 0 Å². The molecule has 0 saturated carbocycles. The normalized spacial score (nSPS) is 16.7. The molecule has 24 heavy (non-hydrogen) atoms. The van der Waals surface area contributed by atoms with Gasteiger partial charge in [-0.05, 0) is 37.6 Å². The molecule has 1 fully saturated rings. The van der Waals surface area contributed by atoms with Crippen molar-refractivity contribution in [3.8, 4) is 0 Å². The molecular weight excluding hydrogens is 309 g/mol. The van der Waals surface area contributed by atoms with E-state index in [4.69, 9.17) is 0 Å². The molecule has 2 amide bonds. The molecule has 0 bridgehead atoms. The summed E-state index contributed by atoms with van der Waals surface area (Å²) in [6.45, 7) is 4.23. The quantitative estimate of drug-likeness (QED) is 0.829. The van der Waals surface area contributed by atoms with Crippen molar-refractivity contribution < 1.29 is 14.0 Å². The summed E-state index contributed by atoms with van der Waals surface area (Å²) >= 11 is 0. The SMILES string of the molecule is CNCC(C)C(=O)N1CCC(C(=O)NCc2ccc(F)cc2)CC1. The first-order chi connectivity index (χ1) is 11.5. The van der Waals surface area contributed by atoms with Crippen molar-refractivity contribution in [2.75, 3.05) is 26.7 Å². The maximum absolute atomic E-state index is 12.9. The first-order valence-corrected chi connectivity index (χ1v) is 8.46. The second kappa shape index (κ2) is 8.78. The number of carbonyl (C=O) groups is 2. The topological polar surface area (TPSA) is 61.4 Å². The van der Waals surface area contributed by atoms with E-state index in [-0.39, 0.29) is 29.5 Å². The van der Waals surface area contributed by atoms with Gasteiger partial charge in [-0.2, -0.15) is 0 Å². The van der Waals surface area contributed by atoms with Gasteiger partial charge in [-0.3, -0.25) is 9.59 Å². The van der Waals surface area contributed by atoms with Crippen LogP contribution in [0.3, 0.4) is 0 Å². The number of benzene rings is 1. The number of nitrogens with zero attached hydrogens (tertiary/aromatic N) is 1. The van der Waals surface area contributed by atoms with Crippen molar-refractivity contribution >= 4 is 11.8 Å². The van der Waals surface area contributed by atoms with Crippen molar-refractivity contribution in [1.29, 1.82) is 0 Å². The van der Waals surface area contributed by atoms with Crippen LogP contribution in [-0.2, 0) is 16.1 Å². The third-order valence-corrected chi connectivity index (χ3v) is 4.49. The van der Waals surface area contributed by atoms with Crippen LogP contribution in [0.2, 0.25) is 0 Å². The fourth-order valence-corrected chi connectivity index (χ4v) is 3.00. The fourth-order valence-electron chi connectivity index (χ4n) is 3.00. The first kappa shape index (κ1) is 18.4. The molecule has 6 heteroatoms. The molecule has 0 spiro atoms. The Hall–Kier alpha value is -1.95. The van der Waals surface area contributed by atoms with Gasteiger partial charge in [-0.15, -0.1) is 0 Å². The number of rotatable bonds is 6. The van der Waals surface area contributed by atoms with E-state index >= 15 is 0 Å². The molecular formula is C18H26FN3O2. The average molecular weight is 335 g/mol. The summed E-state index contributed by atoms with van der Waals surface area (Å²) in [6.07, 6.45) is 1.38. The zero-order valence-corrected chi connectivity index (χ0v) is 14.3. The van der Waals surface area contributed by atoms with Crippen molar-refractivity contribution in [3.63, 3.8) is 0 Å². The zero-order valence-electron chi connectivity index (χ0n) is 14.3. The highest BCUT2D eigenvalue weighted by Gasteiger charge is 2.28. The third-order valence-electron chi connectivity index (χ3n) is 4.49. The predicted molar refractivity (Wildman–Crippen MR) is 90.6 cm³/mol. The van der Waals surface area contributed by atoms with Gasteiger partial charge in [0, 0.05) is 38.0 Å². The molecule has 1 aliphatic heterocycles. The van der Waals surface area contributed by atoms with Crippen molar-refractivity contribution in [1.82, 2.24) is 15.5 Å². The Balaban J connectivity index is 1.76. The molecule has 1 heterocycles. The molecule has 2 rings (SSSR count). The zero-order chi connectivity index (χ0) is 17.5. The van der Waals surface area contributed by atoms with Crippen LogP contribution < -0.4 is 10.6 Å². The average Bonchev–Trinajstić information content (AvgIpc) is 2.60. The smallest absolute Gasteiger partial charge is 0.226 e. The molecule has 1 unspecified atom stereocenters. The fraction of sp³-hybridized carbons (Fsp3) is 0.556. The van der Waals surface area contributed by atoms with E-state index in [2.05, 4.69) is 10.6 Å². The van der Waals surface area contributed by atoms with Gasteiger partial charge < -0.3 is 15.5 Å². The van der Waals surface area contributed by atoms with E-state index in [0.29, 0.717) is 39.0 Å². The largest absolute Gasteiger partial charge is 0.352 e. The Labute approximate surface area is 142 Å². The molecule has 0 aromatic heterocycles. The maximum Gasteiger partial charge on any atom is 0.226 e. The first-order valence-electron chi connectivity index (χ1n) is 8.46. The number of likely N-dealkylation sites (tertiary alicyclic amines) is 1. The summed E-state index contributed by atoms with van der Waals surface area (Å²) in [6, 6.07) is 6.11. The van der Waals surface area contributed by atoms with Crippen LogP contribution in [0.1, 0.15) is 25.3 Å².